The molecule has 0 aliphatic carbocycles. The predicted molar refractivity (Wildman–Crippen MR) is 88.2 cm³/mol. The Labute approximate surface area is 136 Å². The molecule has 1 N–H and O–H groups in total. The zero-order valence-corrected chi connectivity index (χ0v) is 14.4. The maximum atomic E-state index is 5.66. The minimum Gasteiger partial charge on any atom is -0.486 e. The molecule has 0 bridgehead atoms. The standard InChI is InChI=1S/C15H17BrN2O2S/c1-9(2)17-7-11-8-18-15(21-11)10-5-12(16)14-13(6-10)19-3-4-20-14/h5-6,8-9,17H,3-4,7H2,1-2H3. The molecule has 1 aromatic heterocycles. The molecule has 0 unspecified atom stereocenters. The van der Waals surface area contributed by atoms with E-state index in [-0.39, 0.29) is 0 Å². The lowest BCUT2D eigenvalue weighted by Gasteiger charge is -2.20. The van der Waals surface area contributed by atoms with E-state index in [4.69, 9.17) is 9.47 Å². The Bertz CT molecular complexity index is 643. The second kappa shape index (κ2) is 6.34. The molecule has 6 heteroatoms. The lowest BCUT2D eigenvalue weighted by molar-refractivity contribution is 0.170. The molecule has 0 saturated carbocycles. The van der Waals surface area contributed by atoms with Crippen LogP contribution in [0.15, 0.2) is 22.8 Å². The van der Waals surface area contributed by atoms with Crippen molar-refractivity contribution < 1.29 is 9.47 Å². The Morgan fingerprint density at radius 1 is 1.33 bits per heavy atom. The van der Waals surface area contributed by atoms with Crippen LogP contribution in [0.3, 0.4) is 0 Å². The van der Waals surface area contributed by atoms with Gasteiger partial charge in [0.1, 0.15) is 18.2 Å². The number of halogens is 1. The molecule has 0 amide bonds. The van der Waals surface area contributed by atoms with Crippen LogP contribution >= 0.6 is 27.3 Å². The number of nitrogens with zero attached hydrogens (tertiary/aromatic N) is 1. The third kappa shape index (κ3) is 3.39. The highest BCUT2D eigenvalue weighted by atomic mass is 79.9. The van der Waals surface area contributed by atoms with Crippen LogP contribution in [0.1, 0.15) is 18.7 Å². The number of hydrogen-bond acceptors (Lipinski definition) is 5. The molecule has 112 valence electrons. The number of benzene rings is 1. The summed E-state index contributed by atoms with van der Waals surface area (Å²) in [5.74, 6) is 1.56. The highest BCUT2D eigenvalue weighted by Gasteiger charge is 2.18. The van der Waals surface area contributed by atoms with E-state index in [0.29, 0.717) is 19.3 Å². The Balaban J connectivity index is 1.85. The van der Waals surface area contributed by atoms with Gasteiger partial charge in [-0.2, -0.15) is 0 Å². The van der Waals surface area contributed by atoms with Gasteiger partial charge < -0.3 is 14.8 Å². The van der Waals surface area contributed by atoms with Gasteiger partial charge in [-0.05, 0) is 28.1 Å². The summed E-state index contributed by atoms with van der Waals surface area (Å²) in [4.78, 5) is 5.74. The number of thiazole rings is 1. The van der Waals surface area contributed by atoms with Crippen molar-refractivity contribution in [3.63, 3.8) is 0 Å². The van der Waals surface area contributed by atoms with Crippen LogP contribution in [0.2, 0.25) is 0 Å². The smallest absolute Gasteiger partial charge is 0.175 e. The van der Waals surface area contributed by atoms with Crippen molar-refractivity contribution >= 4 is 27.3 Å². The third-order valence-corrected chi connectivity index (χ3v) is 4.72. The second-order valence-electron chi connectivity index (χ2n) is 5.15. The van der Waals surface area contributed by atoms with Crippen molar-refractivity contribution in [2.24, 2.45) is 0 Å². The van der Waals surface area contributed by atoms with Crippen molar-refractivity contribution in [3.05, 3.63) is 27.7 Å². The average Bonchev–Trinajstić information content (AvgIpc) is 2.94. The maximum absolute atomic E-state index is 5.66. The third-order valence-electron chi connectivity index (χ3n) is 3.08. The second-order valence-corrected chi connectivity index (χ2v) is 7.12. The summed E-state index contributed by atoms with van der Waals surface area (Å²) in [5.41, 5.74) is 1.05. The van der Waals surface area contributed by atoms with Gasteiger partial charge in [0.05, 0.1) is 4.47 Å². The molecule has 0 radical (unpaired) electrons. The Morgan fingerprint density at radius 3 is 2.95 bits per heavy atom. The van der Waals surface area contributed by atoms with Crippen LogP contribution in [-0.4, -0.2) is 24.2 Å². The van der Waals surface area contributed by atoms with E-state index in [1.54, 1.807) is 11.3 Å². The van der Waals surface area contributed by atoms with Crippen LogP contribution < -0.4 is 14.8 Å². The van der Waals surface area contributed by atoms with Gasteiger partial charge in [0, 0.05) is 29.2 Å². The maximum Gasteiger partial charge on any atom is 0.175 e. The van der Waals surface area contributed by atoms with Crippen LogP contribution in [0.4, 0.5) is 0 Å². The first kappa shape index (κ1) is 14.8. The van der Waals surface area contributed by atoms with Crippen molar-refractivity contribution in [2.75, 3.05) is 13.2 Å². The van der Waals surface area contributed by atoms with Gasteiger partial charge >= 0.3 is 0 Å². The van der Waals surface area contributed by atoms with Crippen molar-refractivity contribution in [3.8, 4) is 22.1 Å². The lowest BCUT2D eigenvalue weighted by Crippen LogP contribution is -2.21. The van der Waals surface area contributed by atoms with E-state index in [9.17, 15) is 0 Å². The number of hydrogen-bond donors (Lipinski definition) is 1. The summed E-state index contributed by atoms with van der Waals surface area (Å²) >= 11 is 5.24. The van der Waals surface area contributed by atoms with Gasteiger partial charge in [-0.1, -0.05) is 13.8 Å². The highest BCUT2D eigenvalue weighted by molar-refractivity contribution is 9.10. The predicted octanol–water partition coefficient (Wildman–Crippen LogP) is 3.84. The summed E-state index contributed by atoms with van der Waals surface area (Å²) in [7, 11) is 0. The zero-order valence-electron chi connectivity index (χ0n) is 12.0. The normalized spacial score (nSPS) is 13.7. The Morgan fingerprint density at radius 2 is 2.14 bits per heavy atom. The molecule has 2 aromatic rings. The molecule has 0 saturated heterocycles. The molecule has 0 fully saturated rings. The highest BCUT2D eigenvalue weighted by Crippen LogP contribution is 2.41. The summed E-state index contributed by atoms with van der Waals surface area (Å²) in [5, 5.41) is 4.40. The summed E-state index contributed by atoms with van der Waals surface area (Å²) in [6, 6.07) is 4.50. The minimum absolute atomic E-state index is 0.471. The Hall–Kier alpha value is -1.11. The summed E-state index contributed by atoms with van der Waals surface area (Å²) in [6.45, 7) is 6.30. The average molecular weight is 369 g/mol. The molecule has 1 aliphatic heterocycles. The first-order chi connectivity index (χ1) is 10.1. The summed E-state index contributed by atoms with van der Waals surface area (Å²) in [6.07, 6.45) is 1.93. The molecule has 1 aliphatic rings. The fourth-order valence-electron chi connectivity index (χ4n) is 2.06. The number of nitrogens with one attached hydrogen (secondary N) is 1. The van der Waals surface area contributed by atoms with Gasteiger partial charge in [-0.15, -0.1) is 11.3 Å². The van der Waals surface area contributed by atoms with E-state index in [0.717, 1.165) is 33.1 Å². The van der Waals surface area contributed by atoms with E-state index >= 15 is 0 Å². The fourth-order valence-corrected chi connectivity index (χ4v) is 3.47. The molecule has 1 aromatic carbocycles. The molecule has 3 rings (SSSR count). The first-order valence-corrected chi connectivity index (χ1v) is 8.52. The van der Waals surface area contributed by atoms with Gasteiger partial charge in [0.2, 0.25) is 0 Å². The monoisotopic (exact) mass is 368 g/mol. The molecule has 21 heavy (non-hydrogen) atoms. The first-order valence-electron chi connectivity index (χ1n) is 6.91. The van der Waals surface area contributed by atoms with E-state index < -0.39 is 0 Å². The van der Waals surface area contributed by atoms with Crippen LogP contribution in [0.25, 0.3) is 10.6 Å². The van der Waals surface area contributed by atoms with E-state index in [2.05, 4.69) is 40.1 Å². The number of aromatic nitrogens is 1. The topological polar surface area (TPSA) is 43.4 Å². The fraction of sp³-hybridized carbons (Fsp3) is 0.400. The van der Waals surface area contributed by atoms with Gasteiger partial charge in [-0.3, -0.25) is 0 Å². The lowest BCUT2D eigenvalue weighted by atomic mass is 10.2. The summed E-state index contributed by atoms with van der Waals surface area (Å²) < 4.78 is 12.2. The molecular weight excluding hydrogens is 352 g/mol. The number of ether oxygens (including phenoxy) is 2. The van der Waals surface area contributed by atoms with Crippen molar-refractivity contribution in [2.45, 2.75) is 26.4 Å². The molecular formula is C15H17BrN2O2S. The Kier molecular flexibility index (Phi) is 4.47. The SMILES string of the molecule is CC(C)NCc1cnc(-c2cc(Br)c3c(c2)OCCO3)s1. The van der Waals surface area contributed by atoms with E-state index in [1.165, 1.54) is 4.88 Å². The molecule has 0 spiro atoms. The zero-order chi connectivity index (χ0) is 14.8. The number of rotatable bonds is 4. The van der Waals surface area contributed by atoms with Crippen LogP contribution in [0, 0.1) is 0 Å². The molecule has 2 heterocycles. The van der Waals surface area contributed by atoms with Crippen LogP contribution in [0.5, 0.6) is 11.5 Å². The van der Waals surface area contributed by atoms with Crippen molar-refractivity contribution in [1.29, 1.82) is 0 Å². The van der Waals surface area contributed by atoms with Crippen molar-refractivity contribution in [1.82, 2.24) is 10.3 Å². The van der Waals surface area contributed by atoms with E-state index in [1.807, 2.05) is 18.3 Å². The molecule has 4 nitrogen and oxygen atoms in total. The van der Waals surface area contributed by atoms with Gasteiger partial charge in [-0.25, -0.2) is 4.98 Å². The quantitative estimate of drug-likeness (QED) is 0.889. The van der Waals surface area contributed by atoms with Gasteiger partial charge in [0.25, 0.3) is 0 Å². The largest absolute Gasteiger partial charge is 0.486 e. The van der Waals surface area contributed by atoms with Gasteiger partial charge in [0.15, 0.2) is 11.5 Å². The molecule has 0 atom stereocenters. The minimum atomic E-state index is 0.471. The van der Waals surface area contributed by atoms with Crippen LogP contribution in [-0.2, 0) is 6.54 Å². The number of fused-ring (bicyclic) bond motifs is 1.